The van der Waals surface area contributed by atoms with Crippen LogP contribution in [0.1, 0.15) is 21.6 Å². The second kappa shape index (κ2) is 6.32. The van der Waals surface area contributed by atoms with E-state index in [0.717, 1.165) is 5.56 Å². The van der Waals surface area contributed by atoms with E-state index in [2.05, 4.69) is 5.10 Å². The summed E-state index contributed by atoms with van der Waals surface area (Å²) in [5, 5.41) is 2.96. The summed E-state index contributed by atoms with van der Waals surface area (Å²) in [6.45, 7) is 1.73. The third-order valence-electron chi connectivity index (χ3n) is 3.56. The lowest BCUT2D eigenvalue weighted by Crippen LogP contribution is -2.19. The molecule has 2 aromatic carbocycles. The van der Waals surface area contributed by atoms with E-state index in [4.69, 9.17) is 0 Å². The van der Waals surface area contributed by atoms with Crippen LogP contribution in [-0.2, 0) is 0 Å². The number of carbonyl (C=O) groups is 1. The van der Waals surface area contributed by atoms with E-state index >= 15 is 0 Å². The van der Waals surface area contributed by atoms with Gasteiger partial charge in [0.25, 0.3) is 5.56 Å². The SMILES string of the molecule is Cc1[nH]n(-c2ccccc2)c(=O)c1C(=O)C=Cc1ccccc1. The van der Waals surface area contributed by atoms with Gasteiger partial charge in [0.2, 0.25) is 0 Å². The Kier molecular flexibility index (Phi) is 4.06. The first-order valence-electron chi connectivity index (χ1n) is 7.31. The van der Waals surface area contributed by atoms with E-state index in [9.17, 15) is 9.59 Å². The lowest BCUT2D eigenvalue weighted by molar-refractivity contribution is 0.104. The van der Waals surface area contributed by atoms with Crippen LogP contribution in [0.15, 0.2) is 71.5 Å². The summed E-state index contributed by atoms with van der Waals surface area (Å²) in [5.74, 6) is -0.303. The number of hydrogen-bond donors (Lipinski definition) is 1. The Morgan fingerprint density at radius 3 is 2.26 bits per heavy atom. The van der Waals surface area contributed by atoms with Gasteiger partial charge in [-0.3, -0.25) is 14.7 Å². The minimum atomic E-state index is -0.337. The summed E-state index contributed by atoms with van der Waals surface area (Å²) in [7, 11) is 0. The van der Waals surface area contributed by atoms with Gasteiger partial charge in [-0.05, 0) is 30.7 Å². The number of nitrogens with one attached hydrogen (secondary N) is 1. The number of aryl methyl sites for hydroxylation is 1. The highest BCUT2D eigenvalue weighted by molar-refractivity contribution is 6.07. The summed E-state index contributed by atoms with van der Waals surface area (Å²) in [5.41, 5.74) is 2.00. The molecule has 0 radical (unpaired) electrons. The van der Waals surface area contributed by atoms with Crippen molar-refractivity contribution in [2.45, 2.75) is 6.92 Å². The predicted octanol–water partition coefficient (Wildman–Crippen LogP) is 3.37. The topological polar surface area (TPSA) is 54.9 Å². The Bertz CT molecular complexity index is 904. The number of aromatic nitrogens is 2. The zero-order chi connectivity index (χ0) is 16.2. The Morgan fingerprint density at radius 1 is 1.00 bits per heavy atom. The van der Waals surface area contributed by atoms with Crippen LogP contribution in [0.5, 0.6) is 0 Å². The van der Waals surface area contributed by atoms with Gasteiger partial charge < -0.3 is 0 Å². The molecule has 0 bridgehead atoms. The van der Waals surface area contributed by atoms with E-state index in [-0.39, 0.29) is 16.9 Å². The van der Waals surface area contributed by atoms with E-state index < -0.39 is 0 Å². The van der Waals surface area contributed by atoms with Crippen molar-refractivity contribution in [3.63, 3.8) is 0 Å². The second-order valence-electron chi connectivity index (χ2n) is 5.20. The zero-order valence-corrected chi connectivity index (χ0v) is 12.7. The van der Waals surface area contributed by atoms with E-state index in [1.807, 2.05) is 60.7 Å². The monoisotopic (exact) mass is 304 g/mol. The number of nitrogens with zero attached hydrogens (tertiary/aromatic N) is 1. The minimum Gasteiger partial charge on any atom is -0.295 e. The number of allylic oxidation sites excluding steroid dienone is 1. The molecule has 4 heteroatoms. The molecule has 0 aliphatic rings. The van der Waals surface area contributed by atoms with Gasteiger partial charge in [0, 0.05) is 5.69 Å². The summed E-state index contributed by atoms with van der Waals surface area (Å²) in [6, 6.07) is 18.7. The largest absolute Gasteiger partial charge is 0.295 e. The van der Waals surface area contributed by atoms with Crippen molar-refractivity contribution in [3.05, 3.63) is 93.9 Å². The smallest absolute Gasteiger partial charge is 0.282 e. The van der Waals surface area contributed by atoms with Crippen molar-refractivity contribution in [1.29, 1.82) is 0 Å². The quantitative estimate of drug-likeness (QED) is 0.593. The van der Waals surface area contributed by atoms with Gasteiger partial charge >= 0.3 is 0 Å². The van der Waals surface area contributed by atoms with Crippen LogP contribution in [0.4, 0.5) is 0 Å². The predicted molar refractivity (Wildman–Crippen MR) is 90.9 cm³/mol. The molecule has 0 unspecified atom stereocenters. The number of rotatable bonds is 4. The highest BCUT2D eigenvalue weighted by Gasteiger charge is 2.17. The molecule has 1 heterocycles. The van der Waals surface area contributed by atoms with Crippen LogP contribution < -0.4 is 5.56 Å². The standard InChI is InChI=1S/C19H16N2O2/c1-14-18(17(22)13-12-15-8-4-2-5-9-15)19(23)21(20-14)16-10-6-3-7-11-16/h2-13,20H,1H3. The Morgan fingerprint density at radius 2 is 1.61 bits per heavy atom. The molecule has 0 amide bonds. The second-order valence-corrected chi connectivity index (χ2v) is 5.20. The number of ketones is 1. The van der Waals surface area contributed by atoms with E-state index in [1.54, 1.807) is 13.0 Å². The third-order valence-corrected chi connectivity index (χ3v) is 3.56. The van der Waals surface area contributed by atoms with Crippen molar-refractivity contribution >= 4 is 11.9 Å². The Labute approximate surface area is 133 Å². The van der Waals surface area contributed by atoms with E-state index in [0.29, 0.717) is 11.4 Å². The van der Waals surface area contributed by atoms with Crippen molar-refractivity contribution in [3.8, 4) is 5.69 Å². The molecule has 23 heavy (non-hydrogen) atoms. The van der Waals surface area contributed by atoms with Crippen molar-refractivity contribution in [1.82, 2.24) is 9.78 Å². The van der Waals surface area contributed by atoms with Crippen LogP contribution >= 0.6 is 0 Å². The van der Waals surface area contributed by atoms with Crippen molar-refractivity contribution in [2.75, 3.05) is 0 Å². The average molecular weight is 304 g/mol. The molecule has 3 aromatic rings. The number of carbonyl (C=O) groups excluding carboxylic acids is 1. The summed E-state index contributed by atoms with van der Waals surface area (Å²) < 4.78 is 1.39. The van der Waals surface area contributed by atoms with Gasteiger partial charge in [-0.2, -0.15) is 0 Å². The molecule has 0 saturated carbocycles. The molecule has 114 valence electrons. The van der Waals surface area contributed by atoms with Gasteiger partial charge in [0.15, 0.2) is 5.78 Å². The minimum absolute atomic E-state index is 0.168. The highest BCUT2D eigenvalue weighted by atomic mass is 16.2. The molecule has 4 nitrogen and oxygen atoms in total. The normalized spacial score (nSPS) is 11.0. The molecule has 0 aliphatic heterocycles. The number of hydrogen-bond acceptors (Lipinski definition) is 2. The van der Waals surface area contributed by atoms with Crippen LogP contribution in [0.3, 0.4) is 0 Å². The molecule has 0 fully saturated rings. The van der Waals surface area contributed by atoms with Crippen molar-refractivity contribution < 1.29 is 4.79 Å². The zero-order valence-electron chi connectivity index (χ0n) is 12.7. The molecule has 0 aliphatic carbocycles. The molecule has 0 saturated heterocycles. The molecular formula is C19H16N2O2. The first-order chi connectivity index (χ1) is 11.2. The molecule has 1 N–H and O–H groups in total. The van der Waals surface area contributed by atoms with Crippen LogP contribution in [0.25, 0.3) is 11.8 Å². The summed E-state index contributed by atoms with van der Waals surface area (Å²) in [4.78, 5) is 24.9. The van der Waals surface area contributed by atoms with Gasteiger partial charge in [0.1, 0.15) is 5.56 Å². The fourth-order valence-corrected chi connectivity index (χ4v) is 2.42. The Hall–Kier alpha value is -3.14. The third kappa shape index (κ3) is 3.06. The first-order valence-corrected chi connectivity index (χ1v) is 7.31. The molecule has 0 spiro atoms. The molecule has 3 rings (SSSR count). The molecular weight excluding hydrogens is 288 g/mol. The van der Waals surface area contributed by atoms with Crippen LogP contribution in [0, 0.1) is 6.92 Å². The summed E-state index contributed by atoms with van der Waals surface area (Å²) in [6.07, 6.45) is 3.14. The number of aromatic amines is 1. The maximum Gasteiger partial charge on any atom is 0.282 e. The first kappa shape index (κ1) is 14.8. The van der Waals surface area contributed by atoms with E-state index in [1.165, 1.54) is 10.8 Å². The number of para-hydroxylation sites is 1. The molecule has 0 atom stereocenters. The fourth-order valence-electron chi connectivity index (χ4n) is 2.42. The average Bonchev–Trinajstić information content (AvgIpc) is 2.89. The van der Waals surface area contributed by atoms with Gasteiger partial charge in [-0.15, -0.1) is 0 Å². The lowest BCUT2D eigenvalue weighted by Gasteiger charge is -1.99. The van der Waals surface area contributed by atoms with Crippen LogP contribution in [-0.4, -0.2) is 15.6 Å². The number of benzene rings is 2. The summed E-state index contributed by atoms with van der Waals surface area (Å²) >= 11 is 0. The lowest BCUT2D eigenvalue weighted by atomic mass is 10.1. The van der Waals surface area contributed by atoms with Gasteiger partial charge in [-0.1, -0.05) is 54.6 Å². The maximum absolute atomic E-state index is 12.5. The molecule has 1 aromatic heterocycles. The highest BCUT2D eigenvalue weighted by Crippen LogP contribution is 2.09. The van der Waals surface area contributed by atoms with Crippen LogP contribution in [0.2, 0.25) is 0 Å². The number of H-pyrrole nitrogens is 1. The van der Waals surface area contributed by atoms with Gasteiger partial charge in [0.05, 0.1) is 5.69 Å². The van der Waals surface area contributed by atoms with Crippen molar-refractivity contribution in [2.24, 2.45) is 0 Å². The Balaban J connectivity index is 1.95. The fraction of sp³-hybridized carbons (Fsp3) is 0.0526. The van der Waals surface area contributed by atoms with Gasteiger partial charge in [-0.25, -0.2) is 4.68 Å². The maximum atomic E-state index is 12.5.